The summed E-state index contributed by atoms with van der Waals surface area (Å²) in [5, 5.41) is 5.29. The van der Waals surface area contributed by atoms with Crippen LogP contribution >= 0.6 is 34.3 Å². The van der Waals surface area contributed by atoms with Gasteiger partial charge >= 0.3 is 0 Å². The highest BCUT2D eigenvalue weighted by atomic mass is 35.5. The van der Waals surface area contributed by atoms with Gasteiger partial charge < -0.3 is 5.32 Å². The smallest absolute Gasteiger partial charge is 0.261 e. The minimum atomic E-state index is -3.80. The largest absolute Gasteiger partial charge is 0.313 e. The molecule has 7 nitrogen and oxygen atoms in total. The van der Waals surface area contributed by atoms with Gasteiger partial charge in [0.05, 0.1) is 15.1 Å². The first-order chi connectivity index (χ1) is 21.8. The van der Waals surface area contributed by atoms with Crippen LogP contribution in [0.4, 0.5) is 10.7 Å². The highest BCUT2D eigenvalue weighted by Crippen LogP contribution is 2.46. The fourth-order valence-electron chi connectivity index (χ4n) is 5.42. The Hall–Kier alpha value is -4.06. The molecule has 0 fully saturated rings. The quantitative estimate of drug-likeness (QED) is 0.170. The first-order valence-corrected chi connectivity index (χ1v) is 17.8. The molecule has 0 spiro atoms. The van der Waals surface area contributed by atoms with Crippen molar-refractivity contribution in [2.24, 2.45) is 0 Å². The van der Waals surface area contributed by atoms with Gasteiger partial charge in [0.25, 0.3) is 15.9 Å². The molecule has 1 amide bonds. The number of sulfonamides is 1. The number of thiophene rings is 1. The second kappa shape index (κ2) is 12.4. The van der Waals surface area contributed by atoms with Crippen molar-refractivity contribution in [1.82, 2.24) is 9.88 Å². The van der Waals surface area contributed by atoms with Gasteiger partial charge in [-0.2, -0.15) is 0 Å². The van der Waals surface area contributed by atoms with Gasteiger partial charge in [0.15, 0.2) is 0 Å². The fraction of sp³-hybridized carbons (Fsp3) is 0.118. The monoisotopic (exact) mass is 670 g/mol. The Kier molecular flexibility index (Phi) is 8.15. The van der Waals surface area contributed by atoms with Crippen molar-refractivity contribution >= 4 is 71.1 Å². The summed E-state index contributed by atoms with van der Waals surface area (Å²) < 4.78 is 29.2. The van der Waals surface area contributed by atoms with Crippen LogP contribution in [0.15, 0.2) is 108 Å². The van der Waals surface area contributed by atoms with E-state index in [0.29, 0.717) is 16.3 Å². The van der Waals surface area contributed by atoms with Crippen LogP contribution in [0.25, 0.3) is 20.8 Å². The average Bonchev–Trinajstić information content (AvgIpc) is 3.62. The number of thiazole rings is 1. The molecule has 0 aliphatic carbocycles. The molecule has 7 rings (SSSR count). The number of hydrogen-bond acceptors (Lipinski definition) is 7. The van der Waals surface area contributed by atoms with Crippen LogP contribution in [0.3, 0.4) is 0 Å². The van der Waals surface area contributed by atoms with Crippen LogP contribution in [0.5, 0.6) is 0 Å². The normalized spacial score (nSPS) is 13.4. The van der Waals surface area contributed by atoms with Gasteiger partial charge in [0.1, 0.15) is 10.0 Å². The van der Waals surface area contributed by atoms with Crippen molar-refractivity contribution in [3.05, 3.63) is 130 Å². The molecule has 0 atom stereocenters. The molecule has 0 saturated heterocycles. The standard InChI is InChI=1S/C34H27ClN4O3S3/c35-24-12-16-26(17-13-24)45(41,42)38-25-14-10-23(11-15-25)32(40)37-34-31(33-36-28-8-4-5-9-29(28)43-33)27-18-19-39(21-30(27)44-34)20-22-6-2-1-3-7-22/h1-17,38H,18-21H2,(H,37,40). The summed E-state index contributed by atoms with van der Waals surface area (Å²) >= 11 is 9.14. The molecule has 0 unspecified atom stereocenters. The zero-order chi connectivity index (χ0) is 31.0. The molecule has 226 valence electrons. The average molecular weight is 671 g/mol. The minimum Gasteiger partial charge on any atom is -0.313 e. The van der Waals surface area contributed by atoms with E-state index >= 15 is 0 Å². The number of para-hydroxylation sites is 1. The van der Waals surface area contributed by atoms with Crippen LogP contribution in [-0.2, 0) is 29.5 Å². The fourth-order valence-corrected chi connectivity index (χ4v) is 9.00. The Morgan fingerprint density at radius 3 is 2.38 bits per heavy atom. The molecule has 2 aromatic heterocycles. The van der Waals surface area contributed by atoms with Gasteiger partial charge in [-0.3, -0.25) is 14.4 Å². The molecule has 1 aliphatic rings. The van der Waals surface area contributed by atoms with Crippen molar-refractivity contribution in [1.29, 1.82) is 0 Å². The lowest BCUT2D eigenvalue weighted by Crippen LogP contribution is -2.29. The summed E-state index contributed by atoms with van der Waals surface area (Å²) in [7, 11) is -3.80. The van der Waals surface area contributed by atoms with Crippen LogP contribution in [-0.4, -0.2) is 30.8 Å². The van der Waals surface area contributed by atoms with E-state index in [2.05, 4.69) is 45.3 Å². The first kappa shape index (κ1) is 29.6. The molecule has 0 radical (unpaired) electrons. The van der Waals surface area contributed by atoms with Crippen LogP contribution in [0.2, 0.25) is 5.02 Å². The van der Waals surface area contributed by atoms with E-state index < -0.39 is 10.0 Å². The van der Waals surface area contributed by atoms with E-state index in [4.69, 9.17) is 16.6 Å². The number of carbonyl (C=O) groups is 1. The maximum absolute atomic E-state index is 13.6. The third-order valence-corrected chi connectivity index (χ3v) is 11.5. The molecule has 0 saturated carbocycles. The zero-order valence-electron chi connectivity index (χ0n) is 23.9. The van der Waals surface area contributed by atoms with E-state index in [0.717, 1.165) is 51.8 Å². The Bertz CT molecular complexity index is 2080. The summed E-state index contributed by atoms with van der Waals surface area (Å²) in [5.74, 6) is -0.274. The lowest BCUT2D eigenvalue weighted by molar-refractivity contribution is 0.102. The summed E-state index contributed by atoms with van der Waals surface area (Å²) in [4.78, 5) is 22.3. The van der Waals surface area contributed by atoms with Gasteiger partial charge in [-0.25, -0.2) is 13.4 Å². The molecule has 4 aromatic carbocycles. The van der Waals surface area contributed by atoms with E-state index in [1.54, 1.807) is 46.9 Å². The van der Waals surface area contributed by atoms with Gasteiger partial charge in [-0.1, -0.05) is 54.1 Å². The predicted octanol–water partition coefficient (Wildman–Crippen LogP) is 8.29. The van der Waals surface area contributed by atoms with Crippen molar-refractivity contribution in [3.8, 4) is 10.6 Å². The van der Waals surface area contributed by atoms with Crippen LogP contribution in [0, 0.1) is 0 Å². The van der Waals surface area contributed by atoms with Crippen LogP contribution < -0.4 is 10.0 Å². The Morgan fingerprint density at radius 1 is 0.889 bits per heavy atom. The van der Waals surface area contributed by atoms with Gasteiger partial charge in [-0.15, -0.1) is 22.7 Å². The third kappa shape index (κ3) is 6.38. The van der Waals surface area contributed by atoms with Gasteiger partial charge in [0, 0.05) is 46.3 Å². The Balaban J connectivity index is 1.15. The number of benzene rings is 4. The lowest BCUT2D eigenvalue weighted by Gasteiger charge is -2.27. The molecule has 6 aromatic rings. The molecule has 45 heavy (non-hydrogen) atoms. The Labute approximate surface area is 274 Å². The number of rotatable bonds is 8. The summed E-state index contributed by atoms with van der Waals surface area (Å²) in [6, 6.07) is 30.8. The van der Waals surface area contributed by atoms with E-state index in [9.17, 15) is 13.2 Å². The van der Waals surface area contributed by atoms with Crippen molar-refractivity contribution in [3.63, 3.8) is 0 Å². The number of anilines is 2. The van der Waals surface area contributed by atoms with Crippen molar-refractivity contribution in [2.75, 3.05) is 16.6 Å². The number of fused-ring (bicyclic) bond motifs is 2. The molecule has 1 aliphatic heterocycles. The lowest BCUT2D eigenvalue weighted by atomic mass is 10.0. The van der Waals surface area contributed by atoms with Crippen molar-refractivity contribution < 1.29 is 13.2 Å². The summed E-state index contributed by atoms with van der Waals surface area (Å²) in [6.07, 6.45) is 0.863. The molecular weight excluding hydrogens is 644 g/mol. The molecular formula is C34H27ClN4O3S3. The number of nitrogens with one attached hydrogen (secondary N) is 2. The third-order valence-electron chi connectivity index (χ3n) is 7.64. The first-order valence-electron chi connectivity index (χ1n) is 14.3. The van der Waals surface area contributed by atoms with E-state index in [1.165, 1.54) is 40.3 Å². The minimum absolute atomic E-state index is 0.0973. The second-order valence-electron chi connectivity index (χ2n) is 10.7. The molecule has 2 N–H and O–H groups in total. The maximum atomic E-state index is 13.6. The number of aromatic nitrogens is 1. The number of nitrogens with zero attached hydrogens (tertiary/aromatic N) is 2. The molecule has 0 bridgehead atoms. The highest BCUT2D eigenvalue weighted by molar-refractivity contribution is 7.92. The number of carbonyl (C=O) groups excluding carboxylic acids is 1. The maximum Gasteiger partial charge on any atom is 0.261 e. The number of halogens is 1. The second-order valence-corrected chi connectivity index (χ2v) is 15.0. The number of amides is 1. The van der Waals surface area contributed by atoms with Crippen LogP contribution in [0.1, 0.15) is 26.4 Å². The van der Waals surface area contributed by atoms with Gasteiger partial charge in [-0.05, 0) is 78.2 Å². The Morgan fingerprint density at radius 2 is 1.62 bits per heavy atom. The number of hydrogen-bond donors (Lipinski definition) is 2. The van der Waals surface area contributed by atoms with Gasteiger partial charge in [0.2, 0.25) is 0 Å². The zero-order valence-corrected chi connectivity index (χ0v) is 27.1. The summed E-state index contributed by atoms with van der Waals surface area (Å²) in [5.41, 5.74) is 5.21. The molecule has 3 heterocycles. The summed E-state index contributed by atoms with van der Waals surface area (Å²) in [6.45, 7) is 2.58. The highest BCUT2D eigenvalue weighted by Gasteiger charge is 2.28. The predicted molar refractivity (Wildman–Crippen MR) is 184 cm³/mol. The van der Waals surface area contributed by atoms with Crippen molar-refractivity contribution in [2.45, 2.75) is 24.4 Å². The van der Waals surface area contributed by atoms with E-state index in [-0.39, 0.29) is 10.8 Å². The SMILES string of the molecule is O=C(Nc1sc2c(c1-c1nc3ccccc3s1)CCN(Cc1ccccc1)C2)c1ccc(NS(=O)(=O)c2ccc(Cl)cc2)cc1. The molecule has 11 heteroatoms. The van der Waals surface area contributed by atoms with E-state index in [1.807, 2.05) is 24.3 Å². The topological polar surface area (TPSA) is 91.4 Å².